The standard InChI is InChI=1S/C10H11ClO3S/c1-6-5-7(2)10(15(11,12)13)8-3-4-14-9(6)8/h5H,3-4H2,1-2H3. The zero-order valence-corrected chi connectivity index (χ0v) is 10.1. The third-order valence-electron chi connectivity index (χ3n) is 2.54. The Bertz CT molecular complexity index is 520. The summed E-state index contributed by atoms with van der Waals surface area (Å²) in [6.07, 6.45) is 0.610. The van der Waals surface area contributed by atoms with Crippen molar-refractivity contribution in [1.82, 2.24) is 0 Å². The number of fused-ring (bicyclic) bond motifs is 1. The highest BCUT2D eigenvalue weighted by Crippen LogP contribution is 2.37. The smallest absolute Gasteiger partial charge is 0.261 e. The van der Waals surface area contributed by atoms with Gasteiger partial charge in [-0.05, 0) is 25.0 Å². The number of hydrogen-bond acceptors (Lipinski definition) is 3. The number of rotatable bonds is 1. The van der Waals surface area contributed by atoms with Crippen molar-refractivity contribution in [2.24, 2.45) is 0 Å². The van der Waals surface area contributed by atoms with Gasteiger partial charge in [-0.1, -0.05) is 6.07 Å². The Morgan fingerprint density at radius 1 is 1.33 bits per heavy atom. The Morgan fingerprint density at radius 2 is 2.00 bits per heavy atom. The van der Waals surface area contributed by atoms with Crippen molar-refractivity contribution in [2.45, 2.75) is 25.2 Å². The fourth-order valence-corrected chi connectivity index (χ4v) is 3.63. The molecule has 0 aromatic heterocycles. The molecule has 0 saturated heterocycles. The van der Waals surface area contributed by atoms with Crippen molar-refractivity contribution in [3.8, 4) is 5.75 Å². The maximum Gasteiger partial charge on any atom is 0.261 e. The first-order valence-electron chi connectivity index (χ1n) is 4.62. The summed E-state index contributed by atoms with van der Waals surface area (Å²) >= 11 is 0. The summed E-state index contributed by atoms with van der Waals surface area (Å²) in [7, 11) is 1.73. The number of halogens is 1. The van der Waals surface area contributed by atoms with E-state index in [1.165, 1.54) is 0 Å². The molecule has 2 rings (SSSR count). The molecule has 0 aliphatic carbocycles. The molecule has 82 valence electrons. The lowest BCUT2D eigenvalue weighted by molar-refractivity contribution is 0.354. The van der Waals surface area contributed by atoms with Gasteiger partial charge in [0.2, 0.25) is 0 Å². The Balaban J connectivity index is 2.82. The molecule has 0 atom stereocenters. The van der Waals surface area contributed by atoms with Crippen LogP contribution in [0.25, 0.3) is 0 Å². The molecule has 0 saturated carbocycles. The van der Waals surface area contributed by atoms with Crippen LogP contribution in [0.2, 0.25) is 0 Å². The minimum Gasteiger partial charge on any atom is -0.493 e. The average Bonchev–Trinajstić information content (AvgIpc) is 2.49. The van der Waals surface area contributed by atoms with E-state index < -0.39 is 9.05 Å². The molecule has 5 heteroatoms. The van der Waals surface area contributed by atoms with Crippen molar-refractivity contribution >= 4 is 19.7 Å². The lowest BCUT2D eigenvalue weighted by Gasteiger charge is -2.10. The lowest BCUT2D eigenvalue weighted by Crippen LogP contribution is -2.00. The molecule has 1 heterocycles. The van der Waals surface area contributed by atoms with Gasteiger partial charge in [0.05, 0.1) is 11.5 Å². The first kappa shape index (κ1) is 10.8. The van der Waals surface area contributed by atoms with Crippen LogP contribution in [-0.2, 0) is 15.5 Å². The normalized spacial score (nSPS) is 14.9. The van der Waals surface area contributed by atoms with Crippen molar-refractivity contribution < 1.29 is 13.2 Å². The molecule has 1 aromatic carbocycles. The van der Waals surface area contributed by atoms with Crippen molar-refractivity contribution in [3.05, 3.63) is 22.8 Å². The Morgan fingerprint density at radius 3 is 2.60 bits per heavy atom. The Labute approximate surface area is 93.4 Å². The van der Waals surface area contributed by atoms with Crippen LogP contribution in [0.4, 0.5) is 0 Å². The van der Waals surface area contributed by atoms with E-state index in [1.807, 2.05) is 6.92 Å². The van der Waals surface area contributed by atoms with Crippen LogP contribution >= 0.6 is 10.7 Å². The Kier molecular flexibility index (Phi) is 2.43. The van der Waals surface area contributed by atoms with Crippen LogP contribution < -0.4 is 4.74 Å². The molecule has 0 fully saturated rings. The molecule has 1 aromatic rings. The molecule has 0 amide bonds. The van der Waals surface area contributed by atoms with E-state index in [2.05, 4.69) is 0 Å². The molecule has 0 unspecified atom stereocenters. The van der Waals surface area contributed by atoms with Crippen molar-refractivity contribution in [3.63, 3.8) is 0 Å². The summed E-state index contributed by atoms with van der Waals surface area (Å²) in [5.41, 5.74) is 2.37. The van der Waals surface area contributed by atoms with E-state index in [0.29, 0.717) is 24.3 Å². The topological polar surface area (TPSA) is 43.4 Å². The molecule has 0 radical (unpaired) electrons. The van der Waals surface area contributed by atoms with Gasteiger partial charge in [0.15, 0.2) is 0 Å². The SMILES string of the molecule is Cc1cc(C)c(S(=O)(=O)Cl)c2c1OCC2. The fraction of sp³-hybridized carbons (Fsp3) is 0.400. The van der Waals surface area contributed by atoms with Crippen LogP contribution in [0.15, 0.2) is 11.0 Å². The molecule has 1 aliphatic heterocycles. The van der Waals surface area contributed by atoms with E-state index in [1.54, 1.807) is 13.0 Å². The maximum absolute atomic E-state index is 11.4. The highest BCUT2D eigenvalue weighted by atomic mass is 35.7. The van der Waals surface area contributed by atoms with Crippen LogP contribution in [0.3, 0.4) is 0 Å². The van der Waals surface area contributed by atoms with Gasteiger partial charge in [-0.2, -0.15) is 0 Å². The molecule has 1 aliphatic rings. The van der Waals surface area contributed by atoms with E-state index in [-0.39, 0.29) is 4.90 Å². The van der Waals surface area contributed by atoms with E-state index >= 15 is 0 Å². The summed E-state index contributed by atoms with van der Waals surface area (Å²) in [5, 5.41) is 0. The summed E-state index contributed by atoms with van der Waals surface area (Å²) < 4.78 is 28.3. The second-order valence-electron chi connectivity index (χ2n) is 3.68. The van der Waals surface area contributed by atoms with Crippen LogP contribution in [-0.4, -0.2) is 15.0 Å². The van der Waals surface area contributed by atoms with Gasteiger partial charge in [0, 0.05) is 22.7 Å². The van der Waals surface area contributed by atoms with Crippen molar-refractivity contribution in [2.75, 3.05) is 6.61 Å². The van der Waals surface area contributed by atoms with Gasteiger partial charge in [-0.25, -0.2) is 8.42 Å². The zero-order chi connectivity index (χ0) is 11.2. The molecule has 0 spiro atoms. The quantitative estimate of drug-likeness (QED) is 0.714. The van der Waals surface area contributed by atoms with Gasteiger partial charge in [-0.3, -0.25) is 0 Å². The number of aryl methyl sites for hydroxylation is 2. The Hall–Kier alpha value is -0.740. The van der Waals surface area contributed by atoms with Crippen LogP contribution in [0.1, 0.15) is 16.7 Å². The van der Waals surface area contributed by atoms with Gasteiger partial charge in [-0.15, -0.1) is 0 Å². The van der Waals surface area contributed by atoms with Crippen LogP contribution in [0, 0.1) is 13.8 Å². The van der Waals surface area contributed by atoms with Crippen molar-refractivity contribution in [1.29, 1.82) is 0 Å². The summed E-state index contributed by atoms with van der Waals surface area (Å²) in [5.74, 6) is 0.680. The predicted octanol–water partition coefficient (Wildman–Crippen LogP) is 2.17. The lowest BCUT2D eigenvalue weighted by atomic mass is 10.1. The molecule has 0 bridgehead atoms. The second-order valence-corrected chi connectivity index (χ2v) is 6.19. The highest BCUT2D eigenvalue weighted by Gasteiger charge is 2.26. The number of benzene rings is 1. The van der Waals surface area contributed by atoms with E-state index in [4.69, 9.17) is 15.4 Å². The van der Waals surface area contributed by atoms with Gasteiger partial charge >= 0.3 is 0 Å². The third-order valence-corrected chi connectivity index (χ3v) is 4.06. The maximum atomic E-state index is 11.4. The summed E-state index contributed by atoms with van der Waals surface area (Å²) in [6.45, 7) is 4.18. The molecule has 0 N–H and O–H groups in total. The average molecular weight is 247 g/mol. The largest absolute Gasteiger partial charge is 0.493 e. The van der Waals surface area contributed by atoms with Gasteiger partial charge in [0.25, 0.3) is 9.05 Å². The third kappa shape index (κ3) is 1.72. The van der Waals surface area contributed by atoms with E-state index in [0.717, 1.165) is 11.1 Å². The molecular weight excluding hydrogens is 236 g/mol. The van der Waals surface area contributed by atoms with E-state index in [9.17, 15) is 8.42 Å². The fourth-order valence-electron chi connectivity index (χ4n) is 2.06. The zero-order valence-electron chi connectivity index (χ0n) is 8.50. The molecular formula is C10H11ClO3S. The predicted molar refractivity (Wildman–Crippen MR) is 58.2 cm³/mol. The molecule has 3 nitrogen and oxygen atoms in total. The van der Waals surface area contributed by atoms with Gasteiger partial charge in [0.1, 0.15) is 5.75 Å². The summed E-state index contributed by atoms with van der Waals surface area (Å²) in [6, 6.07) is 1.79. The van der Waals surface area contributed by atoms with Crippen LogP contribution in [0.5, 0.6) is 5.75 Å². The molecule has 15 heavy (non-hydrogen) atoms. The highest BCUT2D eigenvalue weighted by molar-refractivity contribution is 8.13. The minimum atomic E-state index is -3.68. The second kappa shape index (κ2) is 3.39. The first-order valence-corrected chi connectivity index (χ1v) is 6.92. The number of hydrogen-bond donors (Lipinski definition) is 0. The first-order chi connectivity index (χ1) is 6.91. The monoisotopic (exact) mass is 246 g/mol. The minimum absolute atomic E-state index is 0.224. The van der Waals surface area contributed by atoms with Gasteiger partial charge < -0.3 is 4.74 Å². The summed E-state index contributed by atoms with van der Waals surface area (Å²) in [4.78, 5) is 0.224. The number of ether oxygens (including phenoxy) is 1.